The molecule has 17 heavy (non-hydrogen) atoms. The van der Waals surface area contributed by atoms with Crippen LogP contribution in [0.4, 0.5) is 0 Å². The van der Waals surface area contributed by atoms with E-state index in [-0.39, 0.29) is 23.8 Å². The first kappa shape index (κ1) is 18.6. The lowest BCUT2D eigenvalue weighted by Crippen LogP contribution is -2.15. The van der Waals surface area contributed by atoms with Crippen LogP contribution in [0.1, 0.15) is 45.4 Å². The summed E-state index contributed by atoms with van der Waals surface area (Å²) >= 11 is 0. The third-order valence-electron chi connectivity index (χ3n) is 2.30. The zero-order valence-electron chi connectivity index (χ0n) is 9.69. The summed E-state index contributed by atoms with van der Waals surface area (Å²) in [7, 11) is 0. The molecule has 0 spiro atoms. The number of hydrogen-bond donors (Lipinski definition) is 2. The Morgan fingerprint density at radius 3 is 2.29 bits per heavy atom. The molecule has 0 aliphatic carbocycles. The average Bonchev–Trinajstić information content (AvgIpc) is 2.20. The lowest BCUT2D eigenvalue weighted by molar-refractivity contribution is -0.146. The van der Waals surface area contributed by atoms with Crippen LogP contribution in [0.15, 0.2) is 12.2 Å². The molecule has 0 heterocycles. The molecule has 0 aromatic heterocycles. The first-order valence-corrected chi connectivity index (χ1v) is 5.69. The predicted molar refractivity (Wildman–Crippen MR) is 71.2 cm³/mol. The van der Waals surface area contributed by atoms with Gasteiger partial charge in [-0.05, 0) is 12.8 Å². The van der Waals surface area contributed by atoms with Gasteiger partial charge in [0, 0.05) is 0 Å². The number of carboxylic acids is 2. The Labute approximate surface area is 113 Å². The van der Waals surface area contributed by atoms with Crippen LogP contribution < -0.4 is 0 Å². The number of aliphatic carboxylic acids is 2. The molecule has 0 saturated heterocycles. The zero-order valence-corrected chi connectivity index (χ0v) is 9.69. The third kappa shape index (κ3) is 11.5. The number of allylic oxidation sites excluding steroid dienone is 1. The van der Waals surface area contributed by atoms with Crippen LogP contribution in [-0.4, -0.2) is 39.5 Å². The topological polar surface area (TPSA) is 74.6 Å². The maximum absolute atomic E-state index is 10.7. The van der Waals surface area contributed by atoms with E-state index in [9.17, 15) is 9.59 Å². The Morgan fingerprint density at radius 2 is 1.82 bits per heavy atom. The molecule has 0 radical (unpaired) electrons. The van der Waals surface area contributed by atoms with E-state index in [2.05, 4.69) is 6.92 Å². The van der Waals surface area contributed by atoms with Crippen LogP contribution in [0.5, 0.6) is 0 Å². The van der Waals surface area contributed by atoms with Crippen molar-refractivity contribution in [2.24, 2.45) is 5.92 Å². The summed E-state index contributed by atoms with van der Waals surface area (Å²) in [5, 5.41) is 17.3. The van der Waals surface area contributed by atoms with Gasteiger partial charge < -0.3 is 10.2 Å². The summed E-state index contributed by atoms with van der Waals surface area (Å²) in [5.41, 5.74) is 0. The van der Waals surface area contributed by atoms with Crippen molar-refractivity contribution in [1.29, 1.82) is 0 Å². The lowest BCUT2D eigenvalue weighted by atomic mass is 10.0. The van der Waals surface area contributed by atoms with Gasteiger partial charge in [-0.15, -0.1) is 0 Å². The van der Waals surface area contributed by atoms with Gasteiger partial charge in [-0.1, -0.05) is 38.3 Å². The lowest BCUT2D eigenvalue weighted by Gasteiger charge is -2.03. The van der Waals surface area contributed by atoms with Gasteiger partial charge >= 0.3 is 11.9 Å². The second-order valence-electron chi connectivity index (χ2n) is 3.82. The molecule has 1 atom stereocenters. The van der Waals surface area contributed by atoms with Crippen LogP contribution >= 0.6 is 0 Å². The van der Waals surface area contributed by atoms with Crippen LogP contribution in [0.2, 0.25) is 0 Å². The molecule has 4 nitrogen and oxygen atoms in total. The first-order valence-electron chi connectivity index (χ1n) is 5.69. The number of carbonyl (C=O) groups is 2. The summed E-state index contributed by atoms with van der Waals surface area (Å²) in [4.78, 5) is 21.1. The van der Waals surface area contributed by atoms with Gasteiger partial charge in [-0.25, -0.2) is 0 Å². The van der Waals surface area contributed by atoms with Crippen molar-refractivity contribution >= 4 is 29.3 Å². The fourth-order valence-electron chi connectivity index (χ4n) is 1.38. The molecule has 0 aromatic carbocycles. The van der Waals surface area contributed by atoms with Crippen molar-refractivity contribution in [3.8, 4) is 0 Å². The summed E-state index contributed by atoms with van der Waals surface area (Å²) < 4.78 is 0. The Balaban J connectivity index is 0. The van der Waals surface area contributed by atoms with Gasteiger partial charge in [0.1, 0.15) is 0 Å². The smallest absolute Gasteiger partial charge is 0.310 e. The zero-order chi connectivity index (χ0) is 12.4. The molecule has 1 unspecified atom stereocenters. The van der Waals surface area contributed by atoms with E-state index in [0.29, 0.717) is 0 Å². The molecular formula is C12H23AlO4. The van der Waals surface area contributed by atoms with Gasteiger partial charge in [0.15, 0.2) is 17.4 Å². The van der Waals surface area contributed by atoms with Crippen LogP contribution in [-0.2, 0) is 9.59 Å². The molecule has 0 fully saturated rings. The summed E-state index contributed by atoms with van der Waals surface area (Å²) in [5.74, 6) is -3.06. The van der Waals surface area contributed by atoms with E-state index in [1.54, 1.807) is 6.08 Å². The molecule has 0 aliphatic heterocycles. The number of rotatable bonds is 9. The monoisotopic (exact) mass is 258 g/mol. The minimum Gasteiger partial charge on any atom is -0.481 e. The quantitative estimate of drug-likeness (QED) is 0.373. The maximum Gasteiger partial charge on any atom is 0.310 e. The first-order chi connectivity index (χ1) is 7.57. The van der Waals surface area contributed by atoms with E-state index < -0.39 is 17.9 Å². The molecule has 0 aromatic rings. The minimum absolute atomic E-state index is 0. The van der Waals surface area contributed by atoms with Gasteiger partial charge in [0.2, 0.25) is 0 Å². The van der Waals surface area contributed by atoms with E-state index in [0.717, 1.165) is 19.3 Å². The molecule has 2 N–H and O–H groups in total. The maximum atomic E-state index is 10.7. The summed E-state index contributed by atoms with van der Waals surface area (Å²) in [6, 6.07) is 0. The van der Waals surface area contributed by atoms with E-state index >= 15 is 0 Å². The largest absolute Gasteiger partial charge is 0.481 e. The van der Waals surface area contributed by atoms with Crippen LogP contribution in [0.3, 0.4) is 0 Å². The minimum atomic E-state index is -1.08. The third-order valence-corrected chi connectivity index (χ3v) is 2.30. The highest BCUT2D eigenvalue weighted by Gasteiger charge is 2.17. The van der Waals surface area contributed by atoms with E-state index in [1.807, 2.05) is 0 Å². The normalized spacial score (nSPS) is 12.1. The summed E-state index contributed by atoms with van der Waals surface area (Å²) in [6.07, 6.45) is 8.26. The fraction of sp³-hybridized carbons (Fsp3) is 0.667. The second kappa shape index (κ2) is 11.7. The van der Waals surface area contributed by atoms with Crippen molar-refractivity contribution in [3.63, 3.8) is 0 Å². The Hall–Kier alpha value is -0.788. The van der Waals surface area contributed by atoms with Crippen molar-refractivity contribution in [1.82, 2.24) is 0 Å². The molecule has 0 saturated carbocycles. The molecule has 0 rings (SSSR count). The van der Waals surface area contributed by atoms with E-state index in [1.165, 1.54) is 18.9 Å². The van der Waals surface area contributed by atoms with E-state index in [4.69, 9.17) is 10.2 Å². The van der Waals surface area contributed by atoms with Crippen LogP contribution in [0.25, 0.3) is 0 Å². The highest BCUT2D eigenvalue weighted by atomic mass is 27.0. The SMILES string of the molecule is CCCCCCC=CC(CC(=O)O)C(=O)O.[AlH3]. The van der Waals surface area contributed by atoms with Gasteiger partial charge in [-0.2, -0.15) is 0 Å². The number of hydrogen-bond acceptors (Lipinski definition) is 2. The van der Waals surface area contributed by atoms with Gasteiger partial charge in [0.05, 0.1) is 12.3 Å². The molecule has 0 amide bonds. The highest BCUT2D eigenvalue weighted by Crippen LogP contribution is 2.08. The van der Waals surface area contributed by atoms with Crippen molar-refractivity contribution in [3.05, 3.63) is 12.2 Å². The second-order valence-corrected chi connectivity index (χ2v) is 3.82. The Bertz CT molecular complexity index is 251. The molecule has 98 valence electrons. The summed E-state index contributed by atoms with van der Waals surface area (Å²) in [6.45, 7) is 2.13. The molecule has 0 aliphatic rings. The van der Waals surface area contributed by atoms with Crippen LogP contribution in [0, 0.1) is 5.92 Å². The average molecular weight is 258 g/mol. The predicted octanol–water partition coefficient (Wildman–Crippen LogP) is 1.50. The molecular weight excluding hydrogens is 235 g/mol. The van der Waals surface area contributed by atoms with Crippen molar-refractivity contribution in [2.45, 2.75) is 45.4 Å². The standard InChI is InChI=1S/C12H20O4.Al.3H/c1-2-3-4-5-6-7-8-10(12(15)16)9-11(13)14;;;;/h7-8,10H,2-6,9H2,1H3,(H,13,14)(H,15,16);;;;. The Morgan fingerprint density at radius 1 is 1.18 bits per heavy atom. The van der Waals surface area contributed by atoms with Gasteiger partial charge in [0.25, 0.3) is 0 Å². The highest BCUT2D eigenvalue weighted by molar-refractivity contribution is 5.79. The number of unbranched alkanes of at least 4 members (excludes halogenated alkanes) is 4. The van der Waals surface area contributed by atoms with Crippen molar-refractivity contribution < 1.29 is 19.8 Å². The number of carboxylic acid groups (broad SMARTS) is 2. The molecule has 5 heteroatoms. The Kier molecular flexibility index (Phi) is 12.8. The molecule has 0 bridgehead atoms. The fourth-order valence-corrected chi connectivity index (χ4v) is 1.38. The van der Waals surface area contributed by atoms with Gasteiger partial charge in [-0.3, -0.25) is 9.59 Å². The van der Waals surface area contributed by atoms with Crippen molar-refractivity contribution in [2.75, 3.05) is 0 Å².